The number of carboxylic acid groups (broad SMARTS) is 1. The molecule has 1 aromatic heterocycles. The third-order valence-electron chi connectivity index (χ3n) is 5.02. The average Bonchev–Trinajstić information content (AvgIpc) is 2.99. The first-order valence-corrected chi connectivity index (χ1v) is 11.6. The van der Waals surface area contributed by atoms with Crippen LogP contribution in [0.5, 0.6) is 5.75 Å². The van der Waals surface area contributed by atoms with Gasteiger partial charge in [0, 0.05) is 19.2 Å². The third-order valence-corrected chi connectivity index (χ3v) is 7.05. The molecule has 1 atom stereocenters. The Morgan fingerprint density at radius 3 is 2.66 bits per heavy atom. The van der Waals surface area contributed by atoms with Gasteiger partial charge in [0.05, 0.1) is 30.2 Å². The van der Waals surface area contributed by atoms with E-state index >= 15 is 0 Å². The molecule has 0 bridgehead atoms. The lowest BCUT2D eigenvalue weighted by atomic mass is 10.2. The van der Waals surface area contributed by atoms with Crippen LogP contribution in [-0.4, -0.2) is 54.5 Å². The van der Waals surface area contributed by atoms with Crippen LogP contribution in [0.1, 0.15) is 31.7 Å². The standard InChI is InChI=1S/C20H27N5O6S/c1-5-8-24-13(3)19(12(2)23-24)32(29,30)25-11-16(10-21-14(4)26)31-18-7-6-15(9-17(18)25)22-20(27)28/h6-7,9,16,22H,5,8,10-11H2,1-4H3,(H,21,26)(H,27,28). The van der Waals surface area contributed by atoms with Crippen molar-refractivity contribution in [3.05, 3.63) is 29.6 Å². The second-order valence-corrected chi connectivity index (χ2v) is 9.35. The van der Waals surface area contributed by atoms with Gasteiger partial charge in [-0.25, -0.2) is 13.2 Å². The number of nitrogens with one attached hydrogen (secondary N) is 2. The molecule has 0 saturated carbocycles. The van der Waals surface area contributed by atoms with Crippen LogP contribution in [0.25, 0.3) is 0 Å². The molecule has 1 aromatic carbocycles. The summed E-state index contributed by atoms with van der Waals surface area (Å²) in [5.41, 5.74) is 1.31. The number of aryl methyl sites for hydroxylation is 2. The first kappa shape index (κ1) is 23.4. The van der Waals surface area contributed by atoms with Crippen molar-refractivity contribution in [2.45, 2.75) is 51.7 Å². The fourth-order valence-electron chi connectivity index (χ4n) is 3.70. The van der Waals surface area contributed by atoms with Crippen LogP contribution in [0.3, 0.4) is 0 Å². The SMILES string of the molecule is CCCn1nc(C)c(S(=O)(=O)N2CC(CNC(C)=O)Oc3ccc(NC(=O)O)cc32)c1C. The van der Waals surface area contributed by atoms with Crippen molar-refractivity contribution in [3.8, 4) is 5.75 Å². The molecule has 2 heterocycles. The molecule has 1 aliphatic rings. The molecule has 3 N–H and O–H groups in total. The third kappa shape index (κ3) is 4.64. The van der Waals surface area contributed by atoms with Gasteiger partial charge in [-0.1, -0.05) is 6.92 Å². The smallest absolute Gasteiger partial charge is 0.409 e. The maximum Gasteiger partial charge on any atom is 0.409 e. The van der Waals surface area contributed by atoms with Crippen LogP contribution >= 0.6 is 0 Å². The highest BCUT2D eigenvalue weighted by Crippen LogP contribution is 2.40. The van der Waals surface area contributed by atoms with Crippen LogP contribution in [0.2, 0.25) is 0 Å². The fourth-order valence-corrected chi connectivity index (χ4v) is 5.58. The minimum absolute atomic E-state index is 0.0655. The van der Waals surface area contributed by atoms with Crippen molar-refractivity contribution in [1.29, 1.82) is 0 Å². The summed E-state index contributed by atoms with van der Waals surface area (Å²) in [5.74, 6) is 0.00436. The predicted molar refractivity (Wildman–Crippen MR) is 118 cm³/mol. The Labute approximate surface area is 186 Å². The van der Waals surface area contributed by atoms with Crippen molar-refractivity contribution < 1.29 is 27.9 Å². The quantitative estimate of drug-likeness (QED) is 0.568. The van der Waals surface area contributed by atoms with Crippen LogP contribution in [-0.2, 0) is 21.4 Å². The lowest BCUT2D eigenvalue weighted by molar-refractivity contribution is -0.119. The van der Waals surface area contributed by atoms with E-state index in [1.165, 1.54) is 29.4 Å². The Morgan fingerprint density at radius 2 is 2.03 bits per heavy atom. The zero-order valence-corrected chi connectivity index (χ0v) is 19.2. The number of hydrogen-bond donors (Lipinski definition) is 3. The van der Waals surface area contributed by atoms with E-state index in [0.717, 1.165) is 6.42 Å². The first-order chi connectivity index (χ1) is 15.0. The van der Waals surface area contributed by atoms with Gasteiger partial charge in [-0.05, 0) is 38.5 Å². The Balaban J connectivity index is 2.10. The van der Waals surface area contributed by atoms with E-state index in [0.29, 0.717) is 17.9 Å². The topological polar surface area (TPSA) is 143 Å². The van der Waals surface area contributed by atoms with E-state index in [-0.39, 0.29) is 41.0 Å². The number of anilines is 2. The van der Waals surface area contributed by atoms with Gasteiger partial charge in [-0.15, -0.1) is 0 Å². The number of amides is 2. The van der Waals surface area contributed by atoms with Crippen LogP contribution in [0.15, 0.2) is 23.1 Å². The summed E-state index contributed by atoms with van der Waals surface area (Å²) >= 11 is 0. The number of benzene rings is 1. The number of sulfonamides is 1. The molecule has 0 saturated heterocycles. The highest BCUT2D eigenvalue weighted by Gasteiger charge is 2.38. The molecule has 3 rings (SSSR count). The van der Waals surface area contributed by atoms with E-state index in [1.807, 2.05) is 6.92 Å². The van der Waals surface area contributed by atoms with Crippen LogP contribution in [0, 0.1) is 13.8 Å². The molecule has 0 spiro atoms. The van der Waals surface area contributed by atoms with E-state index in [1.54, 1.807) is 18.5 Å². The molecule has 174 valence electrons. The monoisotopic (exact) mass is 465 g/mol. The van der Waals surface area contributed by atoms with E-state index in [4.69, 9.17) is 9.84 Å². The number of carbonyl (C=O) groups excluding carboxylic acids is 1. The van der Waals surface area contributed by atoms with Gasteiger partial charge in [0.1, 0.15) is 16.7 Å². The molecule has 0 radical (unpaired) electrons. The number of nitrogens with zero attached hydrogens (tertiary/aromatic N) is 3. The lowest BCUT2D eigenvalue weighted by Crippen LogP contribution is -2.48. The van der Waals surface area contributed by atoms with E-state index < -0.39 is 22.2 Å². The minimum Gasteiger partial charge on any atom is -0.484 e. The molecule has 11 nitrogen and oxygen atoms in total. The van der Waals surface area contributed by atoms with Gasteiger partial charge in [-0.2, -0.15) is 5.10 Å². The summed E-state index contributed by atoms with van der Waals surface area (Å²) in [6, 6.07) is 4.40. The number of rotatable bonds is 7. The second-order valence-electron chi connectivity index (χ2n) is 7.55. The molecular formula is C20H27N5O6S. The van der Waals surface area contributed by atoms with Gasteiger partial charge in [-0.3, -0.25) is 19.1 Å². The first-order valence-electron chi connectivity index (χ1n) is 10.2. The molecule has 1 unspecified atom stereocenters. The summed E-state index contributed by atoms with van der Waals surface area (Å²) in [6.45, 7) is 7.33. The fraction of sp³-hybridized carbons (Fsp3) is 0.450. The van der Waals surface area contributed by atoms with Gasteiger partial charge in [0.2, 0.25) is 5.91 Å². The maximum atomic E-state index is 13.8. The Bertz CT molecular complexity index is 1140. The zero-order chi connectivity index (χ0) is 23.6. The number of ether oxygens (including phenoxy) is 1. The van der Waals surface area contributed by atoms with Gasteiger partial charge >= 0.3 is 6.09 Å². The predicted octanol–water partition coefficient (Wildman–Crippen LogP) is 2.09. The van der Waals surface area contributed by atoms with E-state index in [9.17, 15) is 18.0 Å². The zero-order valence-electron chi connectivity index (χ0n) is 18.4. The van der Waals surface area contributed by atoms with Crippen molar-refractivity contribution in [2.24, 2.45) is 0 Å². The normalized spacial score (nSPS) is 15.6. The molecule has 0 fully saturated rings. The highest BCUT2D eigenvalue weighted by molar-refractivity contribution is 7.93. The summed E-state index contributed by atoms with van der Waals surface area (Å²) in [4.78, 5) is 22.5. The van der Waals surface area contributed by atoms with Crippen molar-refractivity contribution in [2.75, 3.05) is 22.7 Å². The largest absolute Gasteiger partial charge is 0.484 e. The second kappa shape index (κ2) is 9.07. The van der Waals surface area contributed by atoms with E-state index in [2.05, 4.69) is 15.7 Å². The van der Waals surface area contributed by atoms with Gasteiger partial charge in [0.25, 0.3) is 10.0 Å². The average molecular weight is 466 g/mol. The van der Waals surface area contributed by atoms with Crippen molar-refractivity contribution in [1.82, 2.24) is 15.1 Å². The molecule has 32 heavy (non-hydrogen) atoms. The molecular weight excluding hydrogens is 438 g/mol. The van der Waals surface area contributed by atoms with Gasteiger partial charge in [0.15, 0.2) is 0 Å². The van der Waals surface area contributed by atoms with Crippen LogP contribution in [0.4, 0.5) is 16.2 Å². The Kier molecular flexibility index (Phi) is 6.63. The Morgan fingerprint density at radius 1 is 1.31 bits per heavy atom. The highest BCUT2D eigenvalue weighted by atomic mass is 32.2. The van der Waals surface area contributed by atoms with Crippen LogP contribution < -0.4 is 19.7 Å². The summed E-state index contributed by atoms with van der Waals surface area (Å²) in [6.07, 6.45) is -1.11. The number of hydrogen-bond acceptors (Lipinski definition) is 6. The molecule has 0 aliphatic carbocycles. The molecule has 1 aliphatic heterocycles. The molecule has 2 aromatic rings. The number of fused-ring (bicyclic) bond motifs is 1. The minimum atomic E-state index is -4.07. The summed E-state index contributed by atoms with van der Waals surface area (Å²) in [5, 5.41) is 18.3. The number of carbonyl (C=O) groups is 2. The molecule has 2 amide bonds. The number of aromatic nitrogens is 2. The maximum absolute atomic E-state index is 13.8. The van der Waals surface area contributed by atoms with Gasteiger partial charge < -0.3 is 15.2 Å². The molecule has 12 heteroatoms. The van der Waals surface area contributed by atoms with Crippen molar-refractivity contribution in [3.63, 3.8) is 0 Å². The summed E-state index contributed by atoms with van der Waals surface area (Å²) < 4.78 is 36.4. The summed E-state index contributed by atoms with van der Waals surface area (Å²) in [7, 11) is -4.07. The lowest BCUT2D eigenvalue weighted by Gasteiger charge is -2.35. The van der Waals surface area contributed by atoms with Crippen molar-refractivity contribution >= 4 is 33.4 Å². The Hall–Kier alpha value is -3.28.